The molecule has 0 bridgehead atoms. The molecule has 25 heteroatoms. The third-order valence-electron chi connectivity index (χ3n) is 9.29. The van der Waals surface area contributed by atoms with Crippen molar-refractivity contribution in [3.05, 3.63) is 107 Å². The van der Waals surface area contributed by atoms with Crippen molar-refractivity contribution >= 4 is 103 Å². The molecule has 0 aliphatic heterocycles. The van der Waals surface area contributed by atoms with Crippen LogP contribution in [0.15, 0.2) is 105 Å². The summed E-state index contributed by atoms with van der Waals surface area (Å²) in [5.41, 5.74) is -0.517. The summed E-state index contributed by atoms with van der Waals surface area (Å²) in [5.74, 6) is -3.42. The SMILES string of the molecule is Cc1c(NC(=O)Nc2cccc(C(=O)Nc3cc(S(=O)(=O)O)cc4cc(S(=O)(=O)O)cc(O)c34)c2C)cccc1C(=O)Nc1cc(S(=O)(=O)O)cc2cc(S(=O)(=O)O)cc(O)c12. The van der Waals surface area contributed by atoms with Gasteiger partial charge in [-0.25, -0.2) is 4.79 Å². The Morgan fingerprint density at radius 1 is 0.435 bits per heavy atom. The monoisotopic (exact) mass is 930 g/mol. The fraction of sp³-hybridized carbons (Fsp3) is 0.0541. The zero-order chi connectivity index (χ0) is 45.9. The average Bonchev–Trinajstić information content (AvgIpc) is 3.14. The predicted molar refractivity (Wildman–Crippen MR) is 221 cm³/mol. The lowest BCUT2D eigenvalue weighted by Crippen LogP contribution is -2.22. The van der Waals surface area contributed by atoms with E-state index >= 15 is 0 Å². The first-order valence-corrected chi connectivity index (χ1v) is 22.8. The highest BCUT2D eigenvalue weighted by molar-refractivity contribution is 7.86. The van der Waals surface area contributed by atoms with Crippen molar-refractivity contribution in [3.8, 4) is 11.5 Å². The highest BCUT2D eigenvalue weighted by atomic mass is 32.2. The molecule has 0 spiro atoms. The summed E-state index contributed by atoms with van der Waals surface area (Å²) in [7, 11) is -19.7. The second-order valence-electron chi connectivity index (χ2n) is 13.4. The smallest absolute Gasteiger partial charge is 0.323 e. The highest BCUT2D eigenvalue weighted by Crippen LogP contribution is 2.39. The maximum Gasteiger partial charge on any atom is 0.323 e. The minimum Gasteiger partial charge on any atom is -0.507 e. The normalized spacial score (nSPS) is 12.2. The van der Waals surface area contributed by atoms with E-state index in [1.165, 1.54) is 50.2 Å². The lowest BCUT2D eigenvalue weighted by atomic mass is 10.0. The van der Waals surface area contributed by atoms with Gasteiger partial charge < -0.3 is 31.5 Å². The summed E-state index contributed by atoms with van der Waals surface area (Å²) in [6.07, 6.45) is 0. The minimum absolute atomic E-state index is 0.0708. The van der Waals surface area contributed by atoms with Crippen LogP contribution in [0.4, 0.5) is 27.5 Å². The molecule has 0 aliphatic rings. The molecule has 0 radical (unpaired) electrons. The molecular weight excluding hydrogens is 901 g/mol. The number of anilines is 4. The van der Waals surface area contributed by atoms with E-state index in [2.05, 4.69) is 21.3 Å². The van der Waals surface area contributed by atoms with Gasteiger partial charge in [0.2, 0.25) is 0 Å². The number of fused-ring (bicyclic) bond motifs is 2. The summed E-state index contributed by atoms with van der Waals surface area (Å²) in [4.78, 5) is 37.3. The molecule has 0 heterocycles. The number of carbonyl (C=O) groups excluding carboxylic acids is 3. The van der Waals surface area contributed by atoms with Crippen molar-refractivity contribution in [2.75, 3.05) is 21.3 Å². The van der Waals surface area contributed by atoms with Crippen molar-refractivity contribution in [3.63, 3.8) is 0 Å². The van der Waals surface area contributed by atoms with E-state index in [0.717, 1.165) is 36.4 Å². The Morgan fingerprint density at radius 2 is 0.742 bits per heavy atom. The number of phenolic OH excluding ortho intramolecular Hbond substituents is 2. The van der Waals surface area contributed by atoms with E-state index in [9.17, 15) is 76.5 Å². The molecule has 6 rings (SSSR count). The van der Waals surface area contributed by atoms with E-state index in [0.29, 0.717) is 12.1 Å². The molecule has 6 aromatic carbocycles. The number of benzene rings is 6. The molecule has 62 heavy (non-hydrogen) atoms. The Hall–Kier alpha value is -6.71. The van der Waals surface area contributed by atoms with Crippen LogP contribution in [0.2, 0.25) is 0 Å². The fourth-order valence-corrected chi connectivity index (χ4v) is 8.52. The van der Waals surface area contributed by atoms with Crippen molar-refractivity contribution in [2.24, 2.45) is 0 Å². The summed E-state index contributed by atoms with van der Waals surface area (Å²) in [6.45, 7) is 2.87. The van der Waals surface area contributed by atoms with Gasteiger partial charge in [0.25, 0.3) is 52.3 Å². The van der Waals surface area contributed by atoms with Gasteiger partial charge in [0.1, 0.15) is 11.5 Å². The molecule has 0 aromatic heterocycles. The quantitative estimate of drug-likeness (QED) is 0.0793. The lowest BCUT2D eigenvalue weighted by molar-refractivity contribution is 0.101. The second-order valence-corrected chi connectivity index (χ2v) is 19.1. The van der Waals surface area contributed by atoms with Gasteiger partial charge in [-0.2, -0.15) is 33.7 Å². The predicted octanol–water partition coefficient (Wildman–Crippen LogP) is 5.16. The van der Waals surface area contributed by atoms with Crippen molar-refractivity contribution < 1.29 is 76.5 Å². The summed E-state index contributed by atoms with van der Waals surface area (Å²) >= 11 is 0. The molecule has 0 aliphatic carbocycles. The third kappa shape index (κ3) is 9.28. The van der Waals surface area contributed by atoms with Crippen molar-refractivity contribution in [2.45, 2.75) is 33.4 Å². The lowest BCUT2D eigenvalue weighted by Gasteiger charge is -2.17. The largest absolute Gasteiger partial charge is 0.507 e. The third-order valence-corrected chi connectivity index (χ3v) is 12.6. The number of nitrogens with one attached hydrogen (secondary N) is 4. The van der Waals surface area contributed by atoms with Gasteiger partial charge in [0, 0.05) is 45.4 Å². The molecule has 4 amide bonds. The van der Waals surface area contributed by atoms with Crippen LogP contribution in [0.25, 0.3) is 21.5 Å². The van der Waals surface area contributed by atoms with Crippen LogP contribution >= 0.6 is 0 Å². The molecular formula is C37H30N4O17S4. The van der Waals surface area contributed by atoms with Crippen LogP contribution in [-0.4, -0.2) is 79.9 Å². The number of hydrogen-bond donors (Lipinski definition) is 10. The highest BCUT2D eigenvalue weighted by Gasteiger charge is 2.24. The molecule has 0 fully saturated rings. The minimum atomic E-state index is -4.96. The first-order chi connectivity index (χ1) is 28.6. The Bertz CT molecular complexity index is 3180. The number of amides is 4. The van der Waals surface area contributed by atoms with Gasteiger partial charge >= 0.3 is 6.03 Å². The summed E-state index contributed by atoms with van der Waals surface area (Å²) in [6, 6.07) is 13.5. The molecule has 0 saturated heterocycles. The number of aromatic hydroxyl groups is 2. The van der Waals surface area contributed by atoms with Crippen molar-refractivity contribution in [1.82, 2.24) is 0 Å². The van der Waals surface area contributed by atoms with E-state index in [-0.39, 0.29) is 55.2 Å². The summed E-state index contributed by atoms with van der Waals surface area (Å²) < 4.78 is 134. The second kappa shape index (κ2) is 16.0. The van der Waals surface area contributed by atoms with Crippen LogP contribution in [-0.2, 0) is 40.5 Å². The van der Waals surface area contributed by atoms with Gasteiger partial charge in [-0.3, -0.25) is 27.8 Å². The molecule has 6 aromatic rings. The topological polar surface area (TPSA) is 357 Å². The summed E-state index contributed by atoms with van der Waals surface area (Å²) in [5, 5.41) is 30.1. The number of rotatable bonds is 10. The maximum absolute atomic E-state index is 13.6. The molecule has 10 N–H and O–H groups in total. The average molecular weight is 931 g/mol. The van der Waals surface area contributed by atoms with Gasteiger partial charge in [0.15, 0.2) is 0 Å². The standard InChI is InChI=1S/C37H30N4O17S4/c1-17-25(35(44)38-29-13-21(59(47,48)49)9-19-11-23(61(53,54)55)15-31(42)33(19)29)5-3-7-27(17)40-37(46)41-28-8-4-6-26(18(28)2)36(45)39-30-14-22(60(50,51)52)10-20-12-24(62(56,57)58)16-32(43)34(20)30/h3-16,42-43H,1-2H3,(H,38,44)(H,39,45)(H2,40,41,46)(H,47,48,49)(H,50,51,52)(H,53,54,55)(H,56,57,58). The molecule has 21 nitrogen and oxygen atoms in total. The fourth-order valence-electron chi connectivity index (χ4n) is 6.36. The maximum atomic E-state index is 13.6. The molecule has 324 valence electrons. The van der Waals surface area contributed by atoms with E-state index in [1.54, 1.807) is 0 Å². The van der Waals surface area contributed by atoms with E-state index in [1.807, 2.05) is 0 Å². The number of phenols is 2. The first kappa shape index (κ1) is 44.8. The Kier molecular flexibility index (Phi) is 11.5. The number of urea groups is 1. The number of carbonyl (C=O) groups is 3. The Labute approximate surface area is 351 Å². The van der Waals surface area contributed by atoms with Crippen LogP contribution in [0, 0.1) is 13.8 Å². The van der Waals surface area contributed by atoms with Crippen LogP contribution in [0.1, 0.15) is 31.8 Å². The van der Waals surface area contributed by atoms with Gasteiger partial charge in [-0.05, 0) is 96.4 Å². The van der Waals surface area contributed by atoms with Gasteiger partial charge in [-0.15, -0.1) is 0 Å². The molecule has 0 saturated carbocycles. The van der Waals surface area contributed by atoms with Crippen LogP contribution < -0.4 is 21.3 Å². The van der Waals surface area contributed by atoms with Crippen LogP contribution in [0.3, 0.4) is 0 Å². The zero-order valence-electron chi connectivity index (χ0n) is 31.4. The van der Waals surface area contributed by atoms with Gasteiger partial charge in [-0.1, -0.05) is 12.1 Å². The first-order valence-electron chi connectivity index (χ1n) is 17.0. The van der Waals surface area contributed by atoms with Crippen molar-refractivity contribution in [1.29, 1.82) is 0 Å². The Morgan fingerprint density at radius 3 is 1.05 bits per heavy atom. The van der Waals surface area contributed by atoms with Gasteiger partial charge in [0.05, 0.1) is 31.0 Å². The van der Waals surface area contributed by atoms with E-state index < -0.39 is 101 Å². The Balaban J connectivity index is 1.25. The molecule has 0 unspecified atom stereocenters. The van der Waals surface area contributed by atoms with Crippen LogP contribution in [0.5, 0.6) is 11.5 Å². The van der Waals surface area contributed by atoms with E-state index in [4.69, 9.17) is 0 Å². The molecule has 0 atom stereocenters. The zero-order valence-corrected chi connectivity index (χ0v) is 34.7. The number of hydrogen-bond acceptors (Lipinski definition) is 13.